The molecule has 0 unspecified atom stereocenters. The Morgan fingerprint density at radius 2 is 1.17 bits per heavy atom. The van der Waals surface area contributed by atoms with E-state index in [4.69, 9.17) is 0 Å². The van der Waals surface area contributed by atoms with Crippen molar-refractivity contribution in [3.8, 4) is 0 Å². The Labute approximate surface area is 191 Å². The molecule has 0 saturated carbocycles. The van der Waals surface area contributed by atoms with Crippen molar-refractivity contribution in [2.45, 2.75) is 6.42 Å². The number of carbonyl (C=O) groups excluding carboxylic acids is 2. The molecule has 0 N–H and O–H groups in total. The Morgan fingerprint density at radius 1 is 0.783 bits per heavy atom. The zero-order chi connectivity index (χ0) is 15.5. The molecule has 1 rings (SSSR count). The van der Waals surface area contributed by atoms with Gasteiger partial charge in [0.1, 0.15) is 0 Å². The summed E-state index contributed by atoms with van der Waals surface area (Å²) in [6.45, 7) is 5.85. The molecular formula is C13H22N2Na2O4S2. The fourth-order valence-electron chi connectivity index (χ4n) is 2.17. The second-order valence-corrected chi connectivity index (χ2v) is 7.10. The number of carboxylic acid groups (broad SMARTS) is 2. The first-order valence-electron chi connectivity index (χ1n) is 7.08. The van der Waals surface area contributed by atoms with Gasteiger partial charge in [0.15, 0.2) is 0 Å². The van der Waals surface area contributed by atoms with Gasteiger partial charge in [-0.1, -0.05) is 0 Å². The average Bonchev–Trinajstić information content (AvgIpc) is 2.65. The van der Waals surface area contributed by atoms with E-state index in [0.29, 0.717) is 0 Å². The second kappa shape index (κ2) is 17.0. The third-order valence-electron chi connectivity index (χ3n) is 3.22. The minimum atomic E-state index is -1.00. The van der Waals surface area contributed by atoms with Crippen LogP contribution in [0.2, 0.25) is 0 Å². The molecule has 0 amide bonds. The number of hydrogen-bond acceptors (Lipinski definition) is 8. The number of thioether (sulfide) groups is 2. The van der Waals surface area contributed by atoms with Crippen molar-refractivity contribution in [1.82, 2.24) is 9.80 Å². The standard InChI is InChI=1S/C13H24N2O4S2.2Na/c16-12(17)10-20-8-6-14-2-1-3-15(5-4-14)7-9-21-11-13(18)19;;/h1-11H2,(H,16,17)(H,18,19);;/q;2*+1/p-2. The van der Waals surface area contributed by atoms with Crippen LogP contribution in [-0.4, -0.2) is 84.0 Å². The maximum absolute atomic E-state index is 10.3. The van der Waals surface area contributed by atoms with E-state index in [-0.39, 0.29) is 70.6 Å². The largest absolute Gasteiger partial charge is 1.00 e. The van der Waals surface area contributed by atoms with E-state index in [9.17, 15) is 19.8 Å². The number of hydrogen-bond donors (Lipinski definition) is 0. The molecule has 0 atom stereocenters. The van der Waals surface area contributed by atoms with Crippen LogP contribution >= 0.6 is 23.5 Å². The summed E-state index contributed by atoms with van der Waals surface area (Å²) in [6.07, 6.45) is 1.09. The van der Waals surface area contributed by atoms with Crippen LogP contribution in [0.5, 0.6) is 0 Å². The molecule has 122 valence electrons. The summed E-state index contributed by atoms with van der Waals surface area (Å²) in [5, 5.41) is 20.6. The summed E-state index contributed by atoms with van der Waals surface area (Å²) >= 11 is 2.80. The van der Waals surface area contributed by atoms with Gasteiger partial charge in [-0.2, -0.15) is 23.5 Å². The van der Waals surface area contributed by atoms with Crippen molar-refractivity contribution < 1.29 is 78.9 Å². The van der Waals surface area contributed by atoms with E-state index in [1.807, 2.05) is 0 Å². The van der Waals surface area contributed by atoms with Crippen LogP contribution in [-0.2, 0) is 9.59 Å². The minimum Gasteiger partial charge on any atom is -0.549 e. The van der Waals surface area contributed by atoms with Crippen molar-refractivity contribution >= 4 is 35.5 Å². The first-order valence-corrected chi connectivity index (χ1v) is 9.39. The Hall–Kier alpha value is 1.56. The molecule has 1 fully saturated rings. The SMILES string of the molecule is O=C([O-])CSCCN1CCCN(CCSCC(=O)[O-])CC1.[Na+].[Na+]. The molecule has 0 aromatic carbocycles. The number of rotatable bonds is 10. The summed E-state index contributed by atoms with van der Waals surface area (Å²) in [5.74, 6) is -0.247. The molecular weight excluding hydrogens is 358 g/mol. The number of nitrogens with zero attached hydrogens (tertiary/aromatic N) is 2. The molecule has 1 aliphatic heterocycles. The molecule has 1 aliphatic rings. The van der Waals surface area contributed by atoms with Gasteiger partial charge in [-0.25, -0.2) is 0 Å². The fourth-order valence-corrected chi connectivity index (χ4v) is 3.57. The zero-order valence-corrected chi connectivity index (χ0v) is 19.8. The van der Waals surface area contributed by atoms with Crippen LogP contribution in [0.3, 0.4) is 0 Å². The fraction of sp³-hybridized carbons (Fsp3) is 0.846. The maximum Gasteiger partial charge on any atom is 1.00 e. The summed E-state index contributed by atoms with van der Waals surface area (Å²) in [7, 11) is 0. The molecule has 1 saturated heterocycles. The molecule has 0 radical (unpaired) electrons. The number of carbonyl (C=O) groups is 2. The van der Waals surface area contributed by atoms with Gasteiger partial charge in [0.25, 0.3) is 0 Å². The molecule has 0 bridgehead atoms. The number of aliphatic carboxylic acids is 2. The Kier molecular flexibility index (Phi) is 19.8. The topological polar surface area (TPSA) is 86.7 Å². The van der Waals surface area contributed by atoms with Crippen LogP contribution in [0, 0.1) is 0 Å². The first-order chi connectivity index (χ1) is 10.1. The van der Waals surface area contributed by atoms with Crippen molar-refractivity contribution in [1.29, 1.82) is 0 Å². The van der Waals surface area contributed by atoms with Gasteiger partial charge in [0, 0.05) is 49.2 Å². The van der Waals surface area contributed by atoms with Gasteiger partial charge < -0.3 is 29.6 Å². The average molecular weight is 380 g/mol. The van der Waals surface area contributed by atoms with Crippen molar-refractivity contribution in [2.24, 2.45) is 0 Å². The first kappa shape index (κ1) is 26.8. The third-order valence-corrected chi connectivity index (χ3v) is 5.05. The molecule has 1 heterocycles. The van der Waals surface area contributed by atoms with Gasteiger partial charge in [-0.05, 0) is 19.5 Å². The van der Waals surface area contributed by atoms with E-state index in [0.717, 1.165) is 57.2 Å². The monoisotopic (exact) mass is 380 g/mol. The summed E-state index contributed by atoms with van der Waals surface area (Å²) in [6, 6.07) is 0. The Bertz CT molecular complexity index is 311. The molecule has 0 aliphatic carbocycles. The van der Waals surface area contributed by atoms with Crippen LogP contribution in [0.1, 0.15) is 6.42 Å². The van der Waals surface area contributed by atoms with Gasteiger partial charge >= 0.3 is 59.1 Å². The van der Waals surface area contributed by atoms with E-state index >= 15 is 0 Å². The summed E-state index contributed by atoms with van der Waals surface area (Å²) < 4.78 is 0. The van der Waals surface area contributed by atoms with Crippen LogP contribution in [0.4, 0.5) is 0 Å². The summed E-state index contributed by atoms with van der Waals surface area (Å²) in [4.78, 5) is 25.4. The van der Waals surface area contributed by atoms with E-state index in [1.54, 1.807) is 0 Å². The van der Waals surface area contributed by atoms with Crippen molar-refractivity contribution in [3.05, 3.63) is 0 Å². The Balaban J connectivity index is 0. The predicted molar refractivity (Wildman–Crippen MR) is 82.2 cm³/mol. The molecule has 6 nitrogen and oxygen atoms in total. The molecule has 0 aromatic heterocycles. The molecule has 0 spiro atoms. The molecule has 10 heteroatoms. The quantitative estimate of drug-likeness (QED) is 0.273. The zero-order valence-electron chi connectivity index (χ0n) is 14.1. The van der Waals surface area contributed by atoms with Crippen molar-refractivity contribution in [3.63, 3.8) is 0 Å². The number of carboxylic acids is 2. The molecule has 0 aromatic rings. The van der Waals surface area contributed by atoms with Crippen molar-refractivity contribution in [2.75, 3.05) is 62.3 Å². The third kappa shape index (κ3) is 15.5. The van der Waals surface area contributed by atoms with Gasteiger partial charge in [-0.15, -0.1) is 0 Å². The van der Waals surface area contributed by atoms with E-state index in [1.165, 1.54) is 23.5 Å². The van der Waals surface area contributed by atoms with E-state index in [2.05, 4.69) is 9.80 Å². The van der Waals surface area contributed by atoms with Crippen LogP contribution in [0.15, 0.2) is 0 Å². The van der Waals surface area contributed by atoms with Crippen LogP contribution < -0.4 is 69.3 Å². The maximum atomic E-state index is 10.3. The normalized spacial score (nSPS) is 16.0. The minimum absolute atomic E-state index is 0. The molecule has 23 heavy (non-hydrogen) atoms. The second-order valence-electron chi connectivity index (χ2n) is 4.89. The predicted octanol–water partition coefficient (Wildman–Crippen LogP) is -8.03. The van der Waals surface area contributed by atoms with Crippen LogP contribution in [0.25, 0.3) is 0 Å². The summed E-state index contributed by atoms with van der Waals surface area (Å²) in [5.41, 5.74) is 0. The smallest absolute Gasteiger partial charge is 0.549 e. The Morgan fingerprint density at radius 3 is 1.52 bits per heavy atom. The van der Waals surface area contributed by atoms with Gasteiger partial charge in [0.2, 0.25) is 0 Å². The van der Waals surface area contributed by atoms with E-state index < -0.39 is 11.9 Å². The van der Waals surface area contributed by atoms with Gasteiger partial charge in [0.05, 0.1) is 11.9 Å². The van der Waals surface area contributed by atoms with Gasteiger partial charge in [-0.3, -0.25) is 0 Å².